The summed E-state index contributed by atoms with van der Waals surface area (Å²) in [5, 5.41) is 4.63. The number of hydrogen-bond donors (Lipinski definition) is 1. The Hall–Kier alpha value is -0.610. The van der Waals surface area contributed by atoms with Crippen LogP contribution in [-0.4, -0.2) is 28.3 Å². The van der Waals surface area contributed by atoms with Crippen molar-refractivity contribution >= 4 is 11.8 Å². The first-order valence-electron chi connectivity index (χ1n) is 5.52. The quantitative estimate of drug-likeness (QED) is 0.591. The van der Waals surface area contributed by atoms with Gasteiger partial charge in [0.2, 0.25) is 0 Å². The van der Waals surface area contributed by atoms with E-state index >= 15 is 0 Å². The minimum Gasteiger partial charge on any atom is -0.313 e. The second-order valence-electron chi connectivity index (χ2n) is 3.86. The predicted octanol–water partition coefficient (Wildman–Crippen LogP) is 1.96. The Balaban J connectivity index is 1.80. The fourth-order valence-electron chi connectivity index (χ4n) is 1.66. The lowest BCUT2D eigenvalue weighted by Gasteiger charge is -2.16. The van der Waals surface area contributed by atoms with Crippen molar-refractivity contribution in [2.24, 2.45) is 5.92 Å². The van der Waals surface area contributed by atoms with Crippen molar-refractivity contribution in [3.8, 4) is 0 Å². The molecule has 1 aliphatic carbocycles. The van der Waals surface area contributed by atoms with Crippen molar-refractivity contribution in [3.05, 3.63) is 18.6 Å². The first kappa shape index (κ1) is 10.9. The van der Waals surface area contributed by atoms with Crippen LogP contribution in [0.15, 0.2) is 23.6 Å². The van der Waals surface area contributed by atoms with E-state index in [0.29, 0.717) is 6.04 Å². The van der Waals surface area contributed by atoms with Gasteiger partial charge in [-0.25, -0.2) is 9.97 Å². The van der Waals surface area contributed by atoms with E-state index in [1.165, 1.54) is 12.8 Å². The Bertz CT molecular complexity index is 287. The molecule has 4 heteroatoms. The molecular weight excluding hydrogens is 206 g/mol. The van der Waals surface area contributed by atoms with E-state index in [0.717, 1.165) is 23.2 Å². The lowest BCUT2D eigenvalue weighted by Crippen LogP contribution is -2.33. The standard InChI is InChI=1S/C11H17N3S/c1-2-13-10(9-3-4-9)7-15-11-5-6-12-8-14-11/h5-6,8-10,13H,2-4,7H2,1H3. The van der Waals surface area contributed by atoms with Crippen molar-refractivity contribution in [1.82, 2.24) is 15.3 Å². The zero-order chi connectivity index (χ0) is 10.5. The molecule has 1 aromatic heterocycles. The van der Waals surface area contributed by atoms with Crippen molar-refractivity contribution in [2.45, 2.75) is 30.8 Å². The zero-order valence-electron chi connectivity index (χ0n) is 9.02. The summed E-state index contributed by atoms with van der Waals surface area (Å²) in [7, 11) is 0. The van der Waals surface area contributed by atoms with Gasteiger partial charge in [0.25, 0.3) is 0 Å². The molecule has 82 valence electrons. The van der Waals surface area contributed by atoms with E-state index in [9.17, 15) is 0 Å². The van der Waals surface area contributed by atoms with Crippen molar-refractivity contribution in [1.29, 1.82) is 0 Å². The van der Waals surface area contributed by atoms with Crippen LogP contribution < -0.4 is 5.32 Å². The van der Waals surface area contributed by atoms with Crippen LogP contribution in [0.2, 0.25) is 0 Å². The van der Waals surface area contributed by atoms with Crippen molar-refractivity contribution in [2.75, 3.05) is 12.3 Å². The molecule has 0 amide bonds. The number of nitrogens with zero attached hydrogens (tertiary/aromatic N) is 2. The summed E-state index contributed by atoms with van der Waals surface area (Å²) >= 11 is 1.82. The molecular formula is C11H17N3S. The van der Waals surface area contributed by atoms with Gasteiger partial charge in [0, 0.05) is 18.0 Å². The summed E-state index contributed by atoms with van der Waals surface area (Å²) in [6.45, 7) is 3.23. The van der Waals surface area contributed by atoms with E-state index in [2.05, 4.69) is 22.2 Å². The second kappa shape index (κ2) is 5.47. The van der Waals surface area contributed by atoms with Gasteiger partial charge in [0.05, 0.1) is 5.03 Å². The molecule has 0 aromatic carbocycles. The maximum atomic E-state index is 4.21. The molecule has 1 saturated carbocycles. The first-order valence-corrected chi connectivity index (χ1v) is 6.51. The summed E-state index contributed by atoms with van der Waals surface area (Å²) in [4.78, 5) is 8.13. The largest absolute Gasteiger partial charge is 0.313 e. The Labute approximate surface area is 95.1 Å². The van der Waals surface area contributed by atoms with Crippen LogP contribution in [0.5, 0.6) is 0 Å². The normalized spacial score (nSPS) is 17.7. The van der Waals surface area contributed by atoms with Gasteiger partial charge in [0.15, 0.2) is 0 Å². The average Bonchev–Trinajstić information content (AvgIpc) is 3.09. The van der Waals surface area contributed by atoms with Crippen LogP contribution >= 0.6 is 11.8 Å². The molecule has 15 heavy (non-hydrogen) atoms. The number of rotatable bonds is 6. The van der Waals surface area contributed by atoms with Crippen LogP contribution in [0.3, 0.4) is 0 Å². The van der Waals surface area contributed by atoms with Gasteiger partial charge in [0.1, 0.15) is 6.33 Å². The van der Waals surface area contributed by atoms with Gasteiger partial charge in [-0.1, -0.05) is 6.92 Å². The van der Waals surface area contributed by atoms with Gasteiger partial charge in [-0.3, -0.25) is 0 Å². The molecule has 0 spiro atoms. The Morgan fingerprint density at radius 3 is 3.07 bits per heavy atom. The summed E-state index contributed by atoms with van der Waals surface area (Å²) in [6, 6.07) is 2.63. The van der Waals surface area contributed by atoms with Crippen molar-refractivity contribution < 1.29 is 0 Å². The SMILES string of the molecule is CCNC(CSc1ccncn1)C1CC1. The highest BCUT2D eigenvalue weighted by Crippen LogP contribution is 2.34. The van der Waals surface area contributed by atoms with Crippen LogP contribution in [0.1, 0.15) is 19.8 Å². The Kier molecular flexibility index (Phi) is 3.97. The molecule has 1 unspecified atom stereocenters. The predicted molar refractivity (Wildman–Crippen MR) is 62.9 cm³/mol. The summed E-state index contributed by atoms with van der Waals surface area (Å²) < 4.78 is 0. The lowest BCUT2D eigenvalue weighted by atomic mass is 10.2. The third kappa shape index (κ3) is 3.47. The molecule has 0 radical (unpaired) electrons. The van der Waals surface area contributed by atoms with E-state index in [1.54, 1.807) is 12.5 Å². The van der Waals surface area contributed by atoms with Gasteiger partial charge in [-0.2, -0.15) is 0 Å². The fraction of sp³-hybridized carbons (Fsp3) is 0.636. The van der Waals surface area contributed by atoms with E-state index < -0.39 is 0 Å². The van der Waals surface area contributed by atoms with Gasteiger partial charge in [-0.15, -0.1) is 11.8 Å². The summed E-state index contributed by atoms with van der Waals surface area (Å²) in [5.74, 6) is 2.02. The fourth-order valence-corrected chi connectivity index (χ4v) is 2.68. The number of aromatic nitrogens is 2. The Morgan fingerprint density at radius 1 is 1.60 bits per heavy atom. The molecule has 0 aliphatic heterocycles. The van der Waals surface area contributed by atoms with Gasteiger partial charge < -0.3 is 5.32 Å². The molecule has 1 fully saturated rings. The number of thioether (sulfide) groups is 1. The minimum atomic E-state index is 0.662. The molecule has 1 heterocycles. The van der Waals surface area contributed by atoms with Crippen molar-refractivity contribution in [3.63, 3.8) is 0 Å². The van der Waals surface area contributed by atoms with Gasteiger partial charge in [-0.05, 0) is 31.4 Å². The highest BCUT2D eigenvalue weighted by molar-refractivity contribution is 7.99. The molecule has 1 atom stereocenters. The molecule has 1 aromatic rings. The summed E-state index contributed by atoms with van der Waals surface area (Å²) in [5.41, 5.74) is 0. The highest BCUT2D eigenvalue weighted by atomic mass is 32.2. The third-order valence-corrected chi connectivity index (χ3v) is 3.69. The van der Waals surface area contributed by atoms with Crippen LogP contribution in [0.25, 0.3) is 0 Å². The first-order chi connectivity index (χ1) is 7.40. The highest BCUT2D eigenvalue weighted by Gasteiger charge is 2.30. The molecule has 1 N–H and O–H groups in total. The number of nitrogens with one attached hydrogen (secondary N) is 1. The van der Waals surface area contributed by atoms with E-state index in [4.69, 9.17) is 0 Å². The molecule has 2 rings (SSSR count). The molecule has 1 aliphatic rings. The third-order valence-electron chi connectivity index (χ3n) is 2.62. The smallest absolute Gasteiger partial charge is 0.116 e. The Morgan fingerprint density at radius 2 is 2.47 bits per heavy atom. The lowest BCUT2D eigenvalue weighted by molar-refractivity contribution is 0.519. The topological polar surface area (TPSA) is 37.8 Å². The van der Waals surface area contributed by atoms with Crippen LogP contribution in [0.4, 0.5) is 0 Å². The monoisotopic (exact) mass is 223 g/mol. The van der Waals surface area contributed by atoms with E-state index in [1.807, 2.05) is 17.8 Å². The van der Waals surface area contributed by atoms with Gasteiger partial charge >= 0.3 is 0 Å². The molecule has 0 saturated heterocycles. The minimum absolute atomic E-state index is 0.662. The maximum Gasteiger partial charge on any atom is 0.116 e. The summed E-state index contributed by atoms with van der Waals surface area (Å²) in [6.07, 6.45) is 6.19. The molecule has 0 bridgehead atoms. The molecule has 3 nitrogen and oxygen atoms in total. The van der Waals surface area contributed by atoms with Crippen LogP contribution in [-0.2, 0) is 0 Å². The maximum absolute atomic E-state index is 4.21. The zero-order valence-corrected chi connectivity index (χ0v) is 9.83. The second-order valence-corrected chi connectivity index (χ2v) is 4.90. The average molecular weight is 223 g/mol. The van der Waals surface area contributed by atoms with E-state index in [-0.39, 0.29) is 0 Å². The number of hydrogen-bond acceptors (Lipinski definition) is 4. The van der Waals surface area contributed by atoms with Crippen LogP contribution in [0, 0.1) is 5.92 Å².